The van der Waals surface area contributed by atoms with Crippen LogP contribution in [0.15, 0.2) is 70.8 Å². The summed E-state index contributed by atoms with van der Waals surface area (Å²) in [6, 6.07) is 16.0. The van der Waals surface area contributed by atoms with Crippen molar-refractivity contribution in [2.24, 2.45) is 5.16 Å². The van der Waals surface area contributed by atoms with Crippen molar-refractivity contribution in [3.8, 4) is 0 Å². The smallest absolute Gasteiger partial charge is 0.175 e. The lowest BCUT2D eigenvalue weighted by Gasteiger charge is -2.36. The highest BCUT2D eigenvalue weighted by Crippen LogP contribution is 2.43. The quantitative estimate of drug-likeness (QED) is 0.345. The van der Waals surface area contributed by atoms with Gasteiger partial charge in [-0.05, 0) is 79.4 Å². The molecular formula is C23H23ClN2O3S. The second-order valence-corrected chi connectivity index (χ2v) is 9.83. The highest BCUT2D eigenvalue weighted by molar-refractivity contribution is 7.90. The number of sulfone groups is 1. The van der Waals surface area contributed by atoms with Crippen LogP contribution in [0.1, 0.15) is 34.9 Å². The Morgan fingerprint density at radius 2 is 1.70 bits per heavy atom. The van der Waals surface area contributed by atoms with Crippen molar-refractivity contribution in [1.29, 1.82) is 0 Å². The lowest BCUT2D eigenvalue weighted by Crippen LogP contribution is -2.38. The van der Waals surface area contributed by atoms with Crippen molar-refractivity contribution in [1.82, 2.24) is 4.98 Å². The molecule has 2 aromatic carbocycles. The molecule has 0 aliphatic rings. The first-order valence-corrected chi connectivity index (χ1v) is 11.6. The molecule has 0 fully saturated rings. The van der Waals surface area contributed by atoms with E-state index < -0.39 is 15.3 Å². The van der Waals surface area contributed by atoms with E-state index in [1.807, 2.05) is 38.1 Å². The highest BCUT2D eigenvalue weighted by atomic mass is 35.5. The monoisotopic (exact) mass is 442 g/mol. The Balaban J connectivity index is 2.46. The summed E-state index contributed by atoms with van der Waals surface area (Å²) in [4.78, 5) is 4.53. The van der Waals surface area contributed by atoms with E-state index in [0.717, 1.165) is 27.9 Å². The van der Waals surface area contributed by atoms with Crippen molar-refractivity contribution in [3.63, 3.8) is 0 Å². The molecule has 5 nitrogen and oxygen atoms in total. The molecule has 0 unspecified atom stereocenters. The molecule has 1 atom stereocenters. The van der Waals surface area contributed by atoms with Crippen LogP contribution in [0.4, 0.5) is 0 Å². The number of aryl methyl sites for hydroxylation is 2. The summed E-state index contributed by atoms with van der Waals surface area (Å²) in [7, 11) is -3.35. The Kier molecular flexibility index (Phi) is 6.01. The van der Waals surface area contributed by atoms with Gasteiger partial charge in [-0.3, -0.25) is 4.98 Å². The van der Waals surface area contributed by atoms with Crippen LogP contribution in [0.3, 0.4) is 0 Å². The van der Waals surface area contributed by atoms with Crippen LogP contribution >= 0.6 is 11.6 Å². The molecule has 0 bridgehead atoms. The Morgan fingerprint density at radius 3 is 2.23 bits per heavy atom. The van der Waals surface area contributed by atoms with E-state index in [1.165, 1.54) is 6.26 Å². The third-order valence-corrected chi connectivity index (χ3v) is 6.69. The van der Waals surface area contributed by atoms with Crippen molar-refractivity contribution in [2.75, 3.05) is 6.26 Å². The summed E-state index contributed by atoms with van der Waals surface area (Å²) in [5.74, 6) is 0. The fraction of sp³-hybridized carbons (Fsp3) is 0.217. The summed E-state index contributed by atoms with van der Waals surface area (Å²) in [5.41, 5.74) is 3.68. The van der Waals surface area contributed by atoms with E-state index in [-0.39, 0.29) is 4.90 Å². The van der Waals surface area contributed by atoms with E-state index in [2.05, 4.69) is 10.1 Å². The molecule has 3 aromatic rings. The normalized spacial score (nSPS) is 14.4. The van der Waals surface area contributed by atoms with E-state index in [4.69, 9.17) is 11.6 Å². The molecular weight excluding hydrogens is 420 g/mol. The summed E-state index contributed by atoms with van der Waals surface area (Å²) < 4.78 is 23.9. The molecule has 0 saturated heterocycles. The zero-order valence-corrected chi connectivity index (χ0v) is 18.8. The molecule has 0 aliphatic carbocycles. The predicted octanol–water partition coefficient (Wildman–Crippen LogP) is 4.94. The summed E-state index contributed by atoms with van der Waals surface area (Å²) in [5, 5.41) is 14.1. The van der Waals surface area contributed by atoms with Crippen LogP contribution < -0.4 is 0 Å². The first-order valence-electron chi connectivity index (χ1n) is 9.30. The molecule has 7 heteroatoms. The molecule has 1 aromatic heterocycles. The molecule has 0 amide bonds. The molecule has 156 valence electrons. The topological polar surface area (TPSA) is 79.6 Å². The van der Waals surface area contributed by atoms with Gasteiger partial charge in [0.2, 0.25) is 0 Å². The van der Waals surface area contributed by atoms with Gasteiger partial charge in [0.15, 0.2) is 9.84 Å². The maximum absolute atomic E-state index is 12.0. The number of pyridine rings is 1. The van der Waals surface area contributed by atoms with Gasteiger partial charge in [-0.2, -0.15) is 0 Å². The van der Waals surface area contributed by atoms with Gasteiger partial charge in [0, 0.05) is 23.2 Å². The van der Waals surface area contributed by atoms with Gasteiger partial charge in [0.25, 0.3) is 0 Å². The first-order chi connectivity index (χ1) is 14.1. The van der Waals surface area contributed by atoms with Gasteiger partial charge in [0.1, 0.15) is 0 Å². The van der Waals surface area contributed by atoms with Crippen LogP contribution in [-0.2, 0) is 15.3 Å². The Morgan fingerprint density at radius 1 is 1.03 bits per heavy atom. The summed E-state index contributed by atoms with van der Waals surface area (Å²) in [6.45, 7) is 5.58. The second-order valence-electron chi connectivity index (χ2n) is 7.38. The zero-order chi connectivity index (χ0) is 22.1. The number of nitrogens with zero attached hydrogens (tertiary/aromatic N) is 2. The molecule has 0 saturated carbocycles. The number of oxime groups is 1. The number of hydrogen-bond acceptors (Lipinski definition) is 5. The van der Waals surface area contributed by atoms with E-state index in [1.54, 1.807) is 43.5 Å². The van der Waals surface area contributed by atoms with Crippen LogP contribution in [-0.4, -0.2) is 30.6 Å². The maximum Gasteiger partial charge on any atom is 0.175 e. The third kappa shape index (κ3) is 3.85. The van der Waals surface area contributed by atoms with Gasteiger partial charge in [-0.1, -0.05) is 35.0 Å². The fourth-order valence-corrected chi connectivity index (χ4v) is 4.80. The molecule has 0 radical (unpaired) electrons. The number of aromatic nitrogens is 1. The minimum Gasteiger partial charge on any atom is -0.411 e. The van der Waals surface area contributed by atoms with Gasteiger partial charge >= 0.3 is 0 Å². The predicted molar refractivity (Wildman–Crippen MR) is 119 cm³/mol. The zero-order valence-electron chi connectivity index (χ0n) is 17.2. The standard InChI is InChI=1S/C23H23ClN2O3S/c1-15-13-20(24)7-10-22(15)23(17(3)26-27,19-11-12-25-16(2)14-19)18-5-8-21(9-6-18)30(4,28)29/h5-14,27H,1-4H3/t23-/m0/s1. The van der Waals surface area contributed by atoms with Gasteiger partial charge < -0.3 is 5.21 Å². The summed E-state index contributed by atoms with van der Waals surface area (Å²) >= 11 is 6.21. The van der Waals surface area contributed by atoms with E-state index >= 15 is 0 Å². The van der Waals surface area contributed by atoms with Crippen LogP contribution in [0, 0.1) is 13.8 Å². The summed E-state index contributed by atoms with van der Waals surface area (Å²) in [6.07, 6.45) is 2.88. The number of hydrogen-bond donors (Lipinski definition) is 1. The molecule has 0 spiro atoms. The van der Waals surface area contributed by atoms with Crippen molar-refractivity contribution in [2.45, 2.75) is 31.1 Å². The van der Waals surface area contributed by atoms with Gasteiger partial charge in [0.05, 0.1) is 16.0 Å². The maximum atomic E-state index is 12.0. The Hall–Kier alpha value is -2.70. The average Bonchev–Trinajstić information content (AvgIpc) is 2.69. The van der Waals surface area contributed by atoms with Crippen LogP contribution in [0.2, 0.25) is 5.02 Å². The number of halogens is 1. The molecule has 30 heavy (non-hydrogen) atoms. The van der Waals surface area contributed by atoms with Crippen LogP contribution in [0.5, 0.6) is 0 Å². The van der Waals surface area contributed by atoms with Crippen LogP contribution in [0.25, 0.3) is 0 Å². The van der Waals surface area contributed by atoms with Crippen molar-refractivity contribution >= 4 is 27.1 Å². The second kappa shape index (κ2) is 8.20. The first kappa shape index (κ1) is 22.0. The van der Waals surface area contributed by atoms with E-state index in [0.29, 0.717) is 10.7 Å². The Labute approximate surface area is 182 Å². The van der Waals surface area contributed by atoms with Crippen molar-refractivity contribution in [3.05, 3.63) is 93.8 Å². The van der Waals surface area contributed by atoms with Gasteiger partial charge in [-0.15, -0.1) is 0 Å². The minimum atomic E-state index is -3.35. The SMILES string of the molecule is CC(=NO)[C@](c1ccc(S(C)(=O)=O)cc1)(c1ccnc(C)c1)c1ccc(Cl)cc1C. The van der Waals surface area contributed by atoms with E-state index in [9.17, 15) is 13.6 Å². The lowest BCUT2D eigenvalue weighted by molar-refractivity contribution is 0.315. The number of rotatable bonds is 5. The lowest BCUT2D eigenvalue weighted by atomic mass is 9.65. The Bertz CT molecular complexity index is 1220. The molecule has 1 N–H and O–H groups in total. The van der Waals surface area contributed by atoms with Gasteiger partial charge in [-0.25, -0.2) is 8.42 Å². The average molecular weight is 443 g/mol. The largest absolute Gasteiger partial charge is 0.411 e. The molecule has 0 aliphatic heterocycles. The molecule has 3 rings (SSSR count). The third-order valence-electron chi connectivity index (χ3n) is 5.33. The fourth-order valence-electron chi connectivity index (χ4n) is 3.94. The highest BCUT2D eigenvalue weighted by Gasteiger charge is 2.41. The van der Waals surface area contributed by atoms with Crippen molar-refractivity contribution < 1.29 is 13.6 Å². The molecule has 1 heterocycles. The minimum absolute atomic E-state index is 0.220. The number of benzene rings is 2.